The first kappa shape index (κ1) is 13.0. The van der Waals surface area contributed by atoms with Crippen LogP contribution < -0.4 is 5.73 Å². The third-order valence-corrected chi connectivity index (χ3v) is 3.88. The number of nitrogens with two attached hydrogens (primary N) is 1. The fraction of sp³-hybridized carbons (Fsp3) is 0. The Labute approximate surface area is 133 Å². The third kappa shape index (κ3) is 1.98. The normalized spacial score (nSPS) is 11.3. The summed E-state index contributed by atoms with van der Waals surface area (Å²) in [7, 11) is 0. The molecule has 4 rings (SSSR count). The van der Waals surface area contributed by atoms with Crippen LogP contribution >= 0.6 is 15.9 Å². The maximum Gasteiger partial charge on any atom is 0.223 e. The first-order chi connectivity index (χ1) is 10.6. The van der Waals surface area contributed by atoms with E-state index in [1.165, 1.54) is 4.52 Å². The number of phenols is 1. The van der Waals surface area contributed by atoms with Gasteiger partial charge in [0.05, 0.1) is 5.52 Å². The quantitative estimate of drug-likeness (QED) is 0.547. The summed E-state index contributed by atoms with van der Waals surface area (Å²) < 4.78 is 2.45. The molecule has 108 valence electrons. The van der Waals surface area contributed by atoms with E-state index >= 15 is 0 Å². The Morgan fingerprint density at radius 2 is 1.82 bits per heavy atom. The van der Waals surface area contributed by atoms with E-state index in [0.29, 0.717) is 11.5 Å². The zero-order chi connectivity index (χ0) is 15.3. The van der Waals surface area contributed by atoms with Gasteiger partial charge in [-0.05, 0) is 42.5 Å². The molecule has 22 heavy (non-hydrogen) atoms. The minimum absolute atomic E-state index is 0.198. The van der Waals surface area contributed by atoms with Crippen LogP contribution in [-0.4, -0.2) is 24.7 Å². The Morgan fingerprint density at radius 3 is 2.59 bits per heavy atom. The van der Waals surface area contributed by atoms with Gasteiger partial charge in [-0.1, -0.05) is 15.9 Å². The third-order valence-electron chi connectivity index (χ3n) is 3.39. The predicted octanol–water partition coefficient (Wildman–Crippen LogP) is 2.99. The zero-order valence-electron chi connectivity index (χ0n) is 11.2. The average Bonchev–Trinajstić information content (AvgIpc) is 2.93. The Bertz CT molecular complexity index is 1010. The lowest BCUT2D eigenvalue weighted by molar-refractivity contribution is 0.475. The van der Waals surface area contributed by atoms with Crippen molar-refractivity contribution in [3.63, 3.8) is 0 Å². The van der Waals surface area contributed by atoms with Gasteiger partial charge in [0.1, 0.15) is 5.75 Å². The number of nitrogen functional groups attached to an aromatic ring is 1. The molecule has 0 saturated carbocycles. The van der Waals surface area contributed by atoms with E-state index in [4.69, 9.17) is 5.73 Å². The van der Waals surface area contributed by atoms with Crippen LogP contribution in [0.15, 0.2) is 46.9 Å². The standard InChI is InChI=1S/C15H10BrN5O/c16-9-3-6-11-12(7-9)18-15(17)21-14(11)19-13(20-21)8-1-4-10(22)5-2-8/h1-7,22H,(H2,17,18). The van der Waals surface area contributed by atoms with Crippen LogP contribution in [0.2, 0.25) is 0 Å². The highest BCUT2D eigenvalue weighted by atomic mass is 79.9. The lowest BCUT2D eigenvalue weighted by atomic mass is 10.2. The van der Waals surface area contributed by atoms with E-state index in [9.17, 15) is 5.11 Å². The number of aromatic hydroxyl groups is 1. The summed E-state index contributed by atoms with van der Waals surface area (Å²) in [6.07, 6.45) is 0. The predicted molar refractivity (Wildman–Crippen MR) is 87.5 cm³/mol. The average molecular weight is 356 g/mol. The molecule has 4 aromatic rings. The van der Waals surface area contributed by atoms with Gasteiger partial charge in [0, 0.05) is 15.4 Å². The van der Waals surface area contributed by atoms with Gasteiger partial charge < -0.3 is 10.8 Å². The molecule has 0 unspecified atom stereocenters. The number of nitrogens with zero attached hydrogens (tertiary/aromatic N) is 4. The van der Waals surface area contributed by atoms with Crippen LogP contribution in [-0.2, 0) is 0 Å². The number of hydrogen-bond donors (Lipinski definition) is 2. The van der Waals surface area contributed by atoms with Crippen molar-refractivity contribution in [2.45, 2.75) is 0 Å². The lowest BCUT2D eigenvalue weighted by Gasteiger charge is -2.02. The molecule has 2 aromatic carbocycles. The molecule has 3 N–H and O–H groups in total. The van der Waals surface area contributed by atoms with Crippen molar-refractivity contribution in [3.05, 3.63) is 46.9 Å². The number of benzene rings is 2. The molecule has 0 saturated heterocycles. The summed E-state index contributed by atoms with van der Waals surface area (Å²) in [4.78, 5) is 8.92. The second-order valence-electron chi connectivity index (χ2n) is 4.85. The van der Waals surface area contributed by atoms with E-state index < -0.39 is 0 Å². The Kier molecular flexibility index (Phi) is 2.77. The highest BCUT2D eigenvalue weighted by molar-refractivity contribution is 9.10. The van der Waals surface area contributed by atoms with E-state index in [2.05, 4.69) is 31.0 Å². The summed E-state index contributed by atoms with van der Waals surface area (Å²) in [5.41, 5.74) is 8.18. The van der Waals surface area contributed by atoms with Crippen molar-refractivity contribution in [3.8, 4) is 17.1 Å². The second-order valence-corrected chi connectivity index (χ2v) is 5.76. The highest BCUT2D eigenvalue weighted by Crippen LogP contribution is 2.26. The Hall–Kier alpha value is -2.67. The largest absolute Gasteiger partial charge is 0.508 e. The molecule has 7 heteroatoms. The molecule has 0 aliphatic carbocycles. The van der Waals surface area contributed by atoms with Gasteiger partial charge in [-0.25, -0.2) is 9.97 Å². The monoisotopic (exact) mass is 355 g/mol. The molecule has 0 amide bonds. The van der Waals surface area contributed by atoms with E-state index in [-0.39, 0.29) is 11.7 Å². The molecular weight excluding hydrogens is 346 g/mol. The zero-order valence-corrected chi connectivity index (χ0v) is 12.8. The maximum atomic E-state index is 9.37. The molecule has 0 bridgehead atoms. The minimum Gasteiger partial charge on any atom is -0.508 e. The van der Waals surface area contributed by atoms with Gasteiger partial charge in [0.15, 0.2) is 11.5 Å². The smallest absolute Gasteiger partial charge is 0.223 e. The van der Waals surface area contributed by atoms with Crippen molar-refractivity contribution in [1.82, 2.24) is 19.6 Å². The Morgan fingerprint density at radius 1 is 1.05 bits per heavy atom. The summed E-state index contributed by atoms with van der Waals surface area (Å²) in [5, 5.41) is 14.7. The molecule has 0 fully saturated rings. The van der Waals surface area contributed by atoms with Gasteiger partial charge >= 0.3 is 0 Å². The number of aromatic nitrogens is 4. The highest BCUT2D eigenvalue weighted by Gasteiger charge is 2.13. The summed E-state index contributed by atoms with van der Waals surface area (Å²) in [5.74, 6) is 1.01. The number of anilines is 1. The number of fused-ring (bicyclic) bond motifs is 3. The van der Waals surface area contributed by atoms with Crippen LogP contribution in [0.1, 0.15) is 0 Å². The van der Waals surface area contributed by atoms with Crippen molar-refractivity contribution in [1.29, 1.82) is 0 Å². The first-order valence-electron chi connectivity index (χ1n) is 6.53. The molecule has 6 nitrogen and oxygen atoms in total. The maximum absolute atomic E-state index is 9.37. The Balaban J connectivity index is 2.02. The molecule has 2 aromatic heterocycles. The summed E-state index contributed by atoms with van der Waals surface area (Å²) in [6.45, 7) is 0. The fourth-order valence-corrected chi connectivity index (χ4v) is 2.69. The van der Waals surface area contributed by atoms with Crippen LogP contribution in [0.25, 0.3) is 27.9 Å². The van der Waals surface area contributed by atoms with Gasteiger partial charge in [-0.2, -0.15) is 4.52 Å². The molecule has 0 atom stereocenters. The number of halogens is 1. The topological polar surface area (TPSA) is 89.3 Å². The van der Waals surface area contributed by atoms with Crippen molar-refractivity contribution in [2.75, 3.05) is 5.73 Å². The fourth-order valence-electron chi connectivity index (χ4n) is 2.34. The SMILES string of the molecule is Nc1nc2cc(Br)ccc2c2nc(-c3ccc(O)cc3)nn12. The minimum atomic E-state index is 0.198. The van der Waals surface area contributed by atoms with Crippen LogP contribution in [0.5, 0.6) is 5.75 Å². The molecule has 0 radical (unpaired) electrons. The van der Waals surface area contributed by atoms with Gasteiger partial charge in [-0.3, -0.25) is 0 Å². The molecular formula is C15H10BrN5O. The summed E-state index contributed by atoms with van der Waals surface area (Å²) in [6, 6.07) is 12.4. The molecule has 0 aliphatic rings. The summed E-state index contributed by atoms with van der Waals surface area (Å²) >= 11 is 3.42. The van der Waals surface area contributed by atoms with E-state index in [0.717, 1.165) is 20.9 Å². The van der Waals surface area contributed by atoms with Crippen molar-refractivity contribution >= 4 is 38.4 Å². The number of hydrogen-bond acceptors (Lipinski definition) is 5. The second kappa shape index (κ2) is 4.67. The molecule has 0 spiro atoms. The van der Waals surface area contributed by atoms with Gasteiger partial charge in [-0.15, -0.1) is 5.10 Å². The van der Waals surface area contributed by atoms with Gasteiger partial charge in [0.25, 0.3) is 0 Å². The van der Waals surface area contributed by atoms with E-state index in [1.807, 2.05) is 18.2 Å². The molecule has 0 aliphatic heterocycles. The van der Waals surface area contributed by atoms with Crippen LogP contribution in [0.3, 0.4) is 0 Å². The van der Waals surface area contributed by atoms with Crippen molar-refractivity contribution < 1.29 is 5.11 Å². The van der Waals surface area contributed by atoms with E-state index in [1.54, 1.807) is 24.3 Å². The van der Waals surface area contributed by atoms with Gasteiger partial charge in [0.2, 0.25) is 5.95 Å². The van der Waals surface area contributed by atoms with Crippen LogP contribution in [0.4, 0.5) is 5.95 Å². The number of rotatable bonds is 1. The first-order valence-corrected chi connectivity index (χ1v) is 7.32. The lowest BCUT2D eigenvalue weighted by Crippen LogP contribution is -2.02. The van der Waals surface area contributed by atoms with Crippen molar-refractivity contribution in [2.24, 2.45) is 0 Å². The van der Waals surface area contributed by atoms with Crippen LogP contribution in [0, 0.1) is 0 Å². The number of phenolic OH excluding ortho intramolecular Hbond substituents is 1. The molecule has 2 heterocycles.